The summed E-state index contributed by atoms with van der Waals surface area (Å²) in [6.07, 6.45) is 0. The van der Waals surface area contributed by atoms with E-state index in [0.717, 1.165) is 17.1 Å². The maximum absolute atomic E-state index is 2.51. The molecule has 0 unspecified atom stereocenters. The van der Waals surface area contributed by atoms with Crippen molar-refractivity contribution < 1.29 is 0 Å². The molecule has 9 aromatic rings. The highest BCUT2D eigenvalue weighted by molar-refractivity contribution is 6.16. The molecule has 9 rings (SSSR count). The second-order valence-electron chi connectivity index (χ2n) is 12.9. The van der Waals surface area contributed by atoms with Crippen LogP contribution < -0.4 is 4.90 Å². The Bertz CT molecular complexity index is 2620. The third-order valence-corrected chi connectivity index (χ3v) is 9.87. The van der Waals surface area contributed by atoms with Crippen LogP contribution in [-0.4, -0.2) is 0 Å². The van der Waals surface area contributed by atoms with Crippen molar-refractivity contribution in [2.45, 2.75) is 0 Å². The fraction of sp³-hybridized carbons (Fsp3) is 0. The highest BCUT2D eigenvalue weighted by atomic mass is 15.1. The van der Waals surface area contributed by atoms with Gasteiger partial charge in [-0.1, -0.05) is 194 Å². The van der Waals surface area contributed by atoms with E-state index in [0.29, 0.717) is 0 Å². The predicted molar refractivity (Wildman–Crippen MR) is 218 cm³/mol. The van der Waals surface area contributed by atoms with Gasteiger partial charge < -0.3 is 4.90 Å². The van der Waals surface area contributed by atoms with Crippen molar-refractivity contribution in [3.63, 3.8) is 0 Å². The van der Waals surface area contributed by atoms with Crippen molar-refractivity contribution in [2.75, 3.05) is 4.90 Å². The fourth-order valence-corrected chi connectivity index (χ4v) is 7.58. The van der Waals surface area contributed by atoms with Crippen molar-refractivity contribution >= 4 is 38.6 Å². The molecule has 1 nitrogen and oxygen atoms in total. The molecule has 0 amide bonds. The zero-order chi connectivity index (χ0) is 34.0. The van der Waals surface area contributed by atoms with E-state index in [1.165, 1.54) is 66.1 Å². The van der Waals surface area contributed by atoms with Crippen molar-refractivity contribution in [1.29, 1.82) is 0 Å². The number of nitrogens with zero attached hydrogens (tertiary/aromatic N) is 1. The number of anilines is 3. The summed E-state index contributed by atoms with van der Waals surface area (Å²) in [6, 6.07) is 76.8. The standard InChI is InChI=1S/C50H35N/c1-4-19-36(20-5-1)40-26-12-15-31-46(40)50-43(38-23-8-3-9-24-38)32-18-34-48(50)51(47-33-17-16-28-42(47)37-21-6-2-7-22-37)49-35-39-25-10-11-27-41(39)44-29-13-14-30-45(44)49/h1-35H. The summed E-state index contributed by atoms with van der Waals surface area (Å²) >= 11 is 0. The predicted octanol–water partition coefficient (Wildman–Crippen LogP) is 14.1. The zero-order valence-corrected chi connectivity index (χ0v) is 28.2. The van der Waals surface area contributed by atoms with Gasteiger partial charge in [0.25, 0.3) is 0 Å². The fourth-order valence-electron chi connectivity index (χ4n) is 7.58. The van der Waals surface area contributed by atoms with E-state index in [4.69, 9.17) is 0 Å². The van der Waals surface area contributed by atoms with Crippen LogP contribution in [0, 0.1) is 0 Å². The largest absolute Gasteiger partial charge is 0.309 e. The molecule has 0 saturated carbocycles. The van der Waals surface area contributed by atoms with Gasteiger partial charge in [-0.2, -0.15) is 0 Å². The number of hydrogen-bond donors (Lipinski definition) is 0. The molecular weight excluding hydrogens is 615 g/mol. The third kappa shape index (κ3) is 5.56. The number of hydrogen-bond acceptors (Lipinski definition) is 1. The molecule has 0 saturated heterocycles. The second kappa shape index (κ2) is 13.3. The topological polar surface area (TPSA) is 3.24 Å². The lowest BCUT2D eigenvalue weighted by Gasteiger charge is -2.32. The minimum Gasteiger partial charge on any atom is -0.309 e. The maximum Gasteiger partial charge on any atom is 0.0547 e. The Morgan fingerprint density at radius 3 is 1.39 bits per heavy atom. The molecule has 0 atom stereocenters. The molecule has 0 aliphatic heterocycles. The molecule has 0 aromatic heterocycles. The molecule has 0 N–H and O–H groups in total. The van der Waals surface area contributed by atoms with E-state index in [9.17, 15) is 0 Å². The third-order valence-electron chi connectivity index (χ3n) is 9.87. The first kappa shape index (κ1) is 30.4. The monoisotopic (exact) mass is 649 g/mol. The lowest BCUT2D eigenvalue weighted by atomic mass is 9.87. The Morgan fingerprint density at radius 1 is 0.255 bits per heavy atom. The Labute approximate surface area is 299 Å². The van der Waals surface area contributed by atoms with Crippen molar-refractivity contribution in [1.82, 2.24) is 0 Å². The van der Waals surface area contributed by atoms with Gasteiger partial charge in [0.05, 0.1) is 17.1 Å². The van der Waals surface area contributed by atoms with Crippen molar-refractivity contribution in [3.05, 3.63) is 212 Å². The quantitative estimate of drug-likeness (QED) is 0.155. The molecule has 1 heteroatoms. The van der Waals surface area contributed by atoms with Crippen molar-refractivity contribution in [3.8, 4) is 44.5 Å². The average Bonchev–Trinajstić information content (AvgIpc) is 3.22. The van der Waals surface area contributed by atoms with Crippen LogP contribution in [0.4, 0.5) is 17.1 Å². The van der Waals surface area contributed by atoms with Crippen LogP contribution in [-0.2, 0) is 0 Å². The Morgan fingerprint density at radius 2 is 0.706 bits per heavy atom. The van der Waals surface area contributed by atoms with Crippen LogP contribution in [0.25, 0.3) is 66.1 Å². The smallest absolute Gasteiger partial charge is 0.0547 e. The van der Waals surface area contributed by atoms with Crippen LogP contribution in [0.1, 0.15) is 0 Å². The molecule has 0 aliphatic carbocycles. The lowest BCUT2D eigenvalue weighted by Crippen LogP contribution is -2.14. The average molecular weight is 650 g/mol. The number of para-hydroxylation sites is 1. The van der Waals surface area contributed by atoms with Gasteiger partial charge >= 0.3 is 0 Å². The Hall–Kier alpha value is -6.70. The van der Waals surface area contributed by atoms with Crippen LogP contribution in [0.15, 0.2) is 212 Å². The van der Waals surface area contributed by atoms with E-state index in [-0.39, 0.29) is 0 Å². The van der Waals surface area contributed by atoms with Crippen LogP contribution in [0.2, 0.25) is 0 Å². The zero-order valence-electron chi connectivity index (χ0n) is 28.2. The van der Waals surface area contributed by atoms with Gasteiger partial charge in [-0.25, -0.2) is 0 Å². The Kier molecular flexibility index (Phi) is 7.92. The van der Waals surface area contributed by atoms with E-state index in [1.807, 2.05) is 0 Å². The van der Waals surface area contributed by atoms with Gasteiger partial charge in [-0.3, -0.25) is 0 Å². The van der Waals surface area contributed by atoms with Gasteiger partial charge in [0.1, 0.15) is 0 Å². The molecule has 9 aromatic carbocycles. The van der Waals surface area contributed by atoms with Gasteiger partial charge in [0.2, 0.25) is 0 Å². The molecule has 240 valence electrons. The second-order valence-corrected chi connectivity index (χ2v) is 12.9. The summed E-state index contributed by atoms with van der Waals surface area (Å²) in [7, 11) is 0. The Balaban J connectivity index is 1.44. The maximum atomic E-state index is 2.51. The lowest BCUT2D eigenvalue weighted by molar-refractivity contribution is 1.30. The number of rotatable bonds is 7. The molecule has 51 heavy (non-hydrogen) atoms. The summed E-state index contributed by atoms with van der Waals surface area (Å²) in [5, 5.41) is 4.89. The highest BCUT2D eigenvalue weighted by Gasteiger charge is 2.26. The van der Waals surface area contributed by atoms with E-state index < -0.39 is 0 Å². The SMILES string of the molecule is c1ccc(-c2ccccc2-c2c(-c3ccccc3)cccc2N(c2ccccc2-c2ccccc2)c2cc3ccccc3c3ccccc23)cc1. The summed E-state index contributed by atoms with van der Waals surface area (Å²) in [4.78, 5) is 2.51. The van der Waals surface area contributed by atoms with E-state index >= 15 is 0 Å². The van der Waals surface area contributed by atoms with E-state index in [2.05, 4.69) is 217 Å². The first-order valence-electron chi connectivity index (χ1n) is 17.5. The first-order valence-corrected chi connectivity index (χ1v) is 17.5. The molecule has 0 radical (unpaired) electrons. The highest BCUT2D eigenvalue weighted by Crippen LogP contribution is 2.51. The van der Waals surface area contributed by atoms with Gasteiger partial charge in [-0.05, 0) is 67.7 Å². The van der Waals surface area contributed by atoms with Crippen LogP contribution in [0.5, 0.6) is 0 Å². The molecule has 0 aliphatic rings. The van der Waals surface area contributed by atoms with Gasteiger partial charge in [-0.15, -0.1) is 0 Å². The summed E-state index contributed by atoms with van der Waals surface area (Å²) in [5.74, 6) is 0. The molecule has 0 bridgehead atoms. The van der Waals surface area contributed by atoms with E-state index in [1.54, 1.807) is 0 Å². The van der Waals surface area contributed by atoms with Crippen LogP contribution >= 0.6 is 0 Å². The summed E-state index contributed by atoms with van der Waals surface area (Å²) in [6.45, 7) is 0. The number of fused-ring (bicyclic) bond motifs is 3. The van der Waals surface area contributed by atoms with Crippen molar-refractivity contribution in [2.24, 2.45) is 0 Å². The molecule has 0 spiro atoms. The minimum absolute atomic E-state index is 1.11. The number of benzene rings is 9. The molecule has 0 heterocycles. The molecular formula is C50H35N. The van der Waals surface area contributed by atoms with Gasteiger partial charge in [0.15, 0.2) is 0 Å². The van der Waals surface area contributed by atoms with Gasteiger partial charge in [0, 0.05) is 16.5 Å². The minimum atomic E-state index is 1.11. The molecule has 0 fully saturated rings. The first-order chi connectivity index (χ1) is 25.3. The van der Waals surface area contributed by atoms with Crippen LogP contribution in [0.3, 0.4) is 0 Å². The summed E-state index contributed by atoms with van der Waals surface area (Å²) < 4.78 is 0. The normalized spacial score (nSPS) is 11.1. The summed E-state index contributed by atoms with van der Waals surface area (Å²) in [5.41, 5.74) is 12.8.